The number of aromatic nitrogens is 3. The van der Waals surface area contributed by atoms with Crippen molar-refractivity contribution in [2.24, 2.45) is 0 Å². The van der Waals surface area contributed by atoms with Crippen molar-refractivity contribution >= 4 is 29.0 Å². The highest BCUT2D eigenvalue weighted by molar-refractivity contribution is 6.33. The van der Waals surface area contributed by atoms with E-state index < -0.39 is 0 Å². The Morgan fingerprint density at radius 1 is 1.04 bits per heavy atom. The first-order valence-corrected chi connectivity index (χ1v) is 7.62. The Kier molecular flexibility index (Phi) is 4.98. The van der Waals surface area contributed by atoms with E-state index in [1.165, 1.54) is 0 Å². The van der Waals surface area contributed by atoms with Crippen LogP contribution in [0, 0.1) is 0 Å². The van der Waals surface area contributed by atoms with E-state index in [1.54, 1.807) is 30.6 Å². The molecule has 0 fully saturated rings. The molecule has 3 rings (SSSR count). The van der Waals surface area contributed by atoms with E-state index in [-0.39, 0.29) is 11.6 Å². The molecule has 0 spiro atoms. The van der Waals surface area contributed by atoms with E-state index in [1.807, 2.05) is 30.3 Å². The van der Waals surface area contributed by atoms with E-state index in [9.17, 15) is 4.79 Å². The van der Waals surface area contributed by atoms with Gasteiger partial charge in [-0.25, -0.2) is 0 Å². The number of para-hydroxylation sites is 1. The summed E-state index contributed by atoms with van der Waals surface area (Å²) in [5.74, 6) is 0.211. The molecule has 1 aromatic carbocycles. The molecule has 0 aliphatic heterocycles. The molecule has 24 heavy (non-hydrogen) atoms. The van der Waals surface area contributed by atoms with Crippen LogP contribution in [-0.4, -0.2) is 21.1 Å². The predicted octanol–water partition coefficient (Wildman–Crippen LogP) is 3.20. The minimum atomic E-state index is -0.296. The fraction of sp³-hybridized carbons (Fsp3) is 0.0588. The van der Waals surface area contributed by atoms with Gasteiger partial charge in [0, 0.05) is 18.9 Å². The van der Waals surface area contributed by atoms with Crippen LogP contribution in [0.4, 0.5) is 11.5 Å². The maximum absolute atomic E-state index is 12.1. The third-order valence-electron chi connectivity index (χ3n) is 3.21. The van der Waals surface area contributed by atoms with Gasteiger partial charge < -0.3 is 10.6 Å². The van der Waals surface area contributed by atoms with E-state index >= 15 is 0 Å². The summed E-state index contributed by atoms with van der Waals surface area (Å²) in [7, 11) is 0. The van der Waals surface area contributed by atoms with Crippen LogP contribution in [-0.2, 0) is 6.54 Å². The van der Waals surface area contributed by atoms with Crippen molar-refractivity contribution in [1.29, 1.82) is 0 Å². The summed E-state index contributed by atoms with van der Waals surface area (Å²) in [5, 5.41) is 14.3. The summed E-state index contributed by atoms with van der Waals surface area (Å²) in [6, 6.07) is 14.3. The first kappa shape index (κ1) is 15.9. The number of hydrogen-bond donors (Lipinski definition) is 2. The highest BCUT2D eigenvalue weighted by Crippen LogP contribution is 2.23. The number of hydrogen-bond acceptors (Lipinski definition) is 5. The number of halogens is 1. The van der Waals surface area contributed by atoms with Gasteiger partial charge in [-0.2, -0.15) is 0 Å². The quantitative estimate of drug-likeness (QED) is 0.746. The number of nitrogens with one attached hydrogen (secondary N) is 2. The molecule has 120 valence electrons. The van der Waals surface area contributed by atoms with Crippen molar-refractivity contribution in [3.05, 3.63) is 77.2 Å². The number of carbonyl (C=O) groups excluding carboxylic acids is 1. The molecule has 0 atom stereocenters. The zero-order valence-corrected chi connectivity index (χ0v) is 13.4. The Bertz CT molecular complexity index is 824. The lowest BCUT2D eigenvalue weighted by molar-refractivity contribution is 0.0945. The maximum Gasteiger partial charge on any atom is 0.272 e. The predicted molar refractivity (Wildman–Crippen MR) is 92.2 cm³/mol. The van der Waals surface area contributed by atoms with E-state index in [0.29, 0.717) is 17.4 Å². The molecule has 0 unspecified atom stereocenters. The number of amides is 1. The lowest BCUT2D eigenvalue weighted by atomic mass is 10.3. The monoisotopic (exact) mass is 339 g/mol. The number of nitrogens with zero attached hydrogens (tertiary/aromatic N) is 3. The first-order valence-electron chi connectivity index (χ1n) is 7.25. The molecule has 7 heteroatoms. The summed E-state index contributed by atoms with van der Waals surface area (Å²) >= 11 is 6.08. The fourth-order valence-corrected chi connectivity index (χ4v) is 2.18. The van der Waals surface area contributed by atoms with Gasteiger partial charge in [-0.15, -0.1) is 10.2 Å². The van der Waals surface area contributed by atoms with E-state index in [0.717, 1.165) is 11.3 Å². The second-order valence-corrected chi connectivity index (χ2v) is 5.36. The van der Waals surface area contributed by atoms with Crippen molar-refractivity contribution in [3.8, 4) is 0 Å². The number of pyridine rings is 1. The smallest absolute Gasteiger partial charge is 0.272 e. The zero-order chi connectivity index (χ0) is 16.8. The van der Waals surface area contributed by atoms with Crippen molar-refractivity contribution < 1.29 is 4.79 Å². The van der Waals surface area contributed by atoms with Crippen molar-refractivity contribution in [1.82, 2.24) is 20.5 Å². The number of rotatable bonds is 5. The number of benzene rings is 1. The van der Waals surface area contributed by atoms with Gasteiger partial charge in [-0.05, 0) is 35.9 Å². The molecule has 2 aromatic heterocycles. The molecule has 0 bridgehead atoms. The third kappa shape index (κ3) is 4.05. The Hall–Kier alpha value is -2.99. The van der Waals surface area contributed by atoms with Crippen molar-refractivity contribution in [2.45, 2.75) is 6.54 Å². The SMILES string of the molecule is O=C(NCc1cccnc1)c1ccc(Nc2ccccc2Cl)nn1. The second-order valence-electron chi connectivity index (χ2n) is 4.95. The molecule has 0 aliphatic rings. The topological polar surface area (TPSA) is 79.8 Å². The summed E-state index contributed by atoms with van der Waals surface area (Å²) in [6.45, 7) is 0.383. The van der Waals surface area contributed by atoms with Crippen LogP contribution in [0.25, 0.3) is 0 Å². The maximum atomic E-state index is 12.1. The Morgan fingerprint density at radius 2 is 1.92 bits per heavy atom. The summed E-state index contributed by atoms with van der Waals surface area (Å²) in [6.07, 6.45) is 3.38. The lowest BCUT2D eigenvalue weighted by Crippen LogP contribution is -2.24. The standard InChI is InChI=1S/C17H14ClN5O/c18-13-5-1-2-6-14(13)21-16-8-7-15(22-23-16)17(24)20-11-12-4-3-9-19-10-12/h1-10H,11H2,(H,20,24)(H,21,23). The van der Waals surface area contributed by atoms with Gasteiger partial charge in [0.05, 0.1) is 10.7 Å². The number of carbonyl (C=O) groups is 1. The largest absolute Gasteiger partial charge is 0.347 e. The fourth-order valence-electron chi connectivity index (χ4n) is 2.00. The van der Waals surface area contributed by atoms with E-state index in [4.69, 9.17) is 11.6 Å². The van der Waals surface area contributed by atoms with Crippen molar-refractivity contribution in [2.75, 3.05) is 5.32 Å². The zero-order valence-electron chi connectivity index (χ0n) is 12.6. The molecular weight excluding hydrogens is 326 g/mol. The van der Waals surface area contributed by atoms with Gasteiger partial charge in [-0.3, -0.25) is 9.78 Å². The minimum absolute atomic E-state index is 0.239. The van der Waals surface area contributed by atoms with Gasteiger partial charge >= 0.3 is 0 Å². The highest BCUT2D eigenvalue weighted by atomic mass is 35.5. The Morgan fingerprint density at radius 3 is 2.62 bits per heavy atom. The minimum Gasteiger partial charge on any atom is -0.347 e. The van der Waals surface area contributed by atoms with Crippen LogP contribution < -0.4 is 10.6 Å². The molecular formula is C17H14ClN5O. The van der Waals surface area contributed by atoms with Crippen LogP contribution in [0.15, 0.2) is 60.9 Å². The molecule has 0 aliphatic carbocycles. The molecule has 0 saturated carbocycles. The van der Waals surface area contributed by atoms with Crippen molar-refractivity contribution in [3.63, 3.8) is 0 Å². The van der Waals surface area contributed by atoms with Crippen LogP contribution in [0.2, 0.25) is 5.02 Å². The van der Waals surface area contributed by atoms with Gasteiger partial charge in [0.25, 0.3) is 5.91 Å². The molecule has 0 saturated heterocycles. The molecule has 6 nitrogen and oxygen atoms in total. The number of anilines is 2. The van der Waals surface area contributed by atoms with Crippen LogP contribution in [0.5, 0.6) is 0 Å². The highest BCUT2D eigenvalue weighted by Gasteiger charge is 2.08. The van der Waals surface area contributed by atoms with Gasteiger partial charge in [0.15, 0.2) is 11.5 Å². The van der Waals surface area contributed by atoms with Gasteiger partial charge in [-0.1, -0.05) is 29.8 Å². The molecule has 2 N–H and O–H groups in total. The normalized spacial score (nSPS) is 10.2. The lowest BCUT2D eigenvalue weighted by Gasteiger charge is -2.07. The average Bonchev–Trinajstić information content (AvgIpc) is 2.63. The third-order valence-corrected chi connectivity index (χ3v) is 3.54. The molecule has 3 aromatic rings. The first-order chi connectivity index (χ1) is 11.7. The van der Waals surface area contributed by atoms with Gasteiger partial charge in [0.1, 0.15) is 0 Å². The average molecular weight is 340 g/mol. The molecule has 0 radical (unpaired) electrons. The second kappa shape index (κ2) is 7.52. The molecule has 1 amide bonds. The van der Waals surface area contributed by atoms with Crippen LogP contribution in [0.1, 0.15) is 16.1 Å². The summed E-state index contributed by atoms with van der Waals surface area (Å²) < 4.78 is 0. The van der Waals surface area contributed by atoms with Gasteiger partial charge in [0.2, 0.25) is 0 Å². The van der Waals surface area contributed by atoms with Crippen LogP contribution >= 0.6 is 11.6 Å². The van der Waals surface area contributed by atoms with E-state index in [2.05, 4.69) is 25.8 Å². The summed E-state index contributed by atoms with van der Waals surface area (Å²) in [4.78, 5) is 16.1. The van der Waals surface area contributed by atoms with Crippen LogP contribution in [0.3, 0.4) is 0 Å². The summed E-state index contributed by atoms with van der Waals surface area (Å²) in [5.41, 5.74) is 1.88. The Balaban J connectivity index is 1.61. The molecule has 2 heterocycles. The Labute approximate surface area is 143 Å².